The summed E-state index contributed by atoms with van der Waals surface area (Å²) in [5.41, 5.74) is 0.484. The highest BCUT2D eigenvalue weighted by Crippen LogP contribution is 2.43. The van der Waals surface area contributed by atoms with Crippen LogP contribution in [0.15, 0.2) is 30.3 Å². The van der Waals surface area contributed by atoms with E-state index in [1.165, 1.54) is 37.4 Å². The molecule has 0 amide bonds. The number of carbonyl (C=O) groups excluding carboxylic acids is 1. The van der Waals surface area contributed by atoms with Gasteiger partial charge in [0.15, 0.2) is 17.3 Å². The first-order valence-electron chi connectivity index (χ1n) is 10.1. The van der Waals surface area contributed by atoms with Crippen LogP contribution in [0.2, 0.25) is 0 Å². The average molecular weight is 464 g/mol. The Morgan fingerprint density at radius 1 is 1.03 bits per heavy atom. The lowest BCUT2D eigenvalue weighted by molar-refractivity contribution is -0.277. The quantitative estimate of drug-likeness (QED) is 0.351. The van der Waals surface area contributed by atoms with Gasteiger partial charge in [0.1, 0.15) is 53.3 Å². The third-order valence-corrected chi connectivity index (χ3v) is 5.66. The first-order chi connectivity index (χ1) is 15.7. The average Bonchev–Trinajstić information content (AvgIpc) is 2.79. The van der Waals surface area contributed by atoms with E-state index < -0.39 is 43.4 Å². The van der Waals surface area contributed by atoms with Gasteiger partial charge in [-0.25, -0.2) is 0 Å². The Balaban J connectivity index is 1.59. The van der Waals surface area contributed by atoms with Crippen molar-refractivity contribution >= 4 is 5.78 Å². The van der Waals surface area contributed by atoms with Crippen molar-refractivity contribution in [1.29, 1.82) is 0 Å². The lowest BCUT2D eigenvalue weighted by Gasteiger charge is -2.39. The number of phenolic OH excluding ortho intramolecular Hbond substituents is 2. The number of fused-ring (bicyclic) bond motifs is 1. The third-order valence-electron chi connectivity index (χ3n) is 5.66. The number of rotatable bonds is 5. The number of hydrogen-bond donors (Lipinski definition) is 6. The van der Waals surface area contributed by atoms with Gasteiger partial charge >= 0.3 is 0 Å². The predicted octanol–water partition coefficient (Wildman–Crippen LogP) is -0.00840. The largest absolute Gasteiger partial charge is 0.507 e. The van der Waals surface area contributed by atoms with Gasteiger partial charge in [0.25, 0.3) is 0 Å². The number of phenols is 2. The molecular formula is C22H24O11. The Labute approximate surface area is 188 Å². The molecule has 2 heterocycles. The molecule has 1 saturated heterocycles. The molecule has 2 aliphatic heterocycles. The van der Waals surface area contributed by atoms with Gasteiger partial charge in [-0.1, -0.05) is 6.07 Å². The first-order valence-corrected chi connectivity index (χ1v) is 10.1. The maximum absolute atomic E-state index is 12.6. The summed E-state index contributed by atoms with van der Waals surface area (Å²) < 4.78 is 21.8. The fourth-order valence-corrected chi connectivity index (χ4v) is 3.83. The molecule has 6 atom stereocenters. The smallest absolute Gasteiger partial charge is 0.229 e. The van der Waals surface area contributed by atoms with Crippen molar-refractivity contribution in [2.24, 2.45) is 0 Å². The number of benzene rings is 2. The molecule has 11 nitrogen and oxygen atoms in total. The summed E-state index contributed by atoms with van der Waals surface area (Å²) in [5.74, 6) is -0.643. The van der Waals surface area contributed by atoms with E-state index in [-0.39, 0.29) is 40.8 Å². The molecule has 33 heavy (non-hydrogen) atoms. The summed E-state index contributed by atoms with van der Waals surface area (Å²) in [6.07, 6.45) is -8.44. The lowest BCUT2D eigenvalue weighted by Crippen LogP contribution is -2.60. The van der Waals surface area contributed by atoms with Gasteiger partial charge < -0.3 is 49.6 Å². The molecule has 5 unspecified atom stereocenters. The molecule has 0 bridgehead atoms. The van der Waals surface area contributed by atoms with Crippen molar-refractivity contribution in [2.45, 2.75) is 43.2 Å². The number of aromatic hydroxyl groups is 2. The number of methoxy groups -OCH3 is 1. The fraction of sp³-hybridized carbons (Fsp3) is 0.409. The van der Waals surface area contributed by atoms with Gasteiger partial charge in [-0.3, -0.25) is 4.79 Å². The first kappa shape index (κ1) is 23.1. The highest BCUT2D eigenvalue weighted by atomic mass is 16.7. The van der Waals surface area contributed by atoms with Crippen molar-refractivity contribution in [3.63, 3.8) is 0 Å². The van der Waals surface area contributed by atoms with Crippen molar-refractivity contribution in [1.82, 2.24) is 0 Å². The number of ether oxygens (including phenoxy) is 4. The summed E-state index contributed by atoms with van der Waals surface area (Å²) in [6, 6.07) is 6.97. The minimum atomic E-state index is -1.67. The van der Waals surface area contributed by atoms with Crippen molar-refractivity contribution in [3.05, 3.63) is 41.5 Å². The zero-order valence-electron chi connectivity index (χ0n) is 17.5. The minimum absolute atomic E-state index is 0.0450. The van der Waals surface area contributed by atoms with Gasteiger partial charge in [-0.05, 0) is 17.7 Å². The van der Waals surface area contributed by atoms with Crippen LogP contribution in [0.1, 0.15) is 28.4 Å². The van der Waals surface area contributed by atoms with E-state index in [0.29, 0.717) is 11.3 Å². The summed E-state index contributed by atoms with van der Waals surface area (Å²) in [4.78, 5) is 12.6. The van der Waals surface area contributed by atoms with E-state index in [4.69, 9.17) is 18.9 Å². The van der Waals surface area contributed by atoms with Crippen molar-refractivity contribution in [2.75, 3.05) is 13.7 Å². The second-order valence-electron chi connectivity index (χ2n) is 7.80. The van der Waals surface area contributed by atoms with Crippen LogP contribution < -0.4 is 14.2 Å². The normalized spacial score (nSPS) is 29.2. The predicted molar refractivity (Wildman–Crippen MR) is 109 cm³/mol. The van der Waals surface area contributed by atoms with Gasteiger partial charge in [-0.2, -0.15) is 0 Å². The SMILES string of the molecule is COc1cc(O)c2c(c1)O[C@H](c1ccc(O)c(OC3OC(CO)C(O)C(O)C3O)c1)CC2=O. The second kappa shape index (κ2) is 9.04. The molecule has 178 valence electrons. The molecule has 0 radical (unpaired) electrons. The highest BCUT2D eigenvalue weighted by molar-refractivity contribution is 6.02. The Kier molecular flexibility index (Phi) is 6.32. The zero-order valence-corrected chi connectivity index (χ0v) is 17.5. The molecule has 4 rings (SSSR count). The van der Waals surface area contributed by atoms with E-state index in [9.17, 15) is 35.4 Å². The van der Waals surface area contributed by atoms with Gasteiger partial charge in [-0.15, -0.1) is 0 Å². The number of hydrogen-bond acceptors (Lipinski definition) is 11. The maximum Gasteiger partial charge on any atom is 0.229 e. The van der Waals surface area contributed by atoms with Crippen LogP contribution in [-0.4, -0.2) is 80.8 Å². The lowest BCUT2D eigenvalue weighted by atomic mass is 9.95. The molecule has 2 aromatic carbocycles. The number of aliphatic hydroxyl groups excluding tert-OH is 4. The molecule has 6 N–H and O–H groups in total. The maximum atomic E-state index is 12.6. The van der Waals surface area contributed by atoms with Crippen LogP contribution in [0.5, 0.6) is 28.7 Å². The fourth-order valence-electron chi connectivity index (χ4n) is 3.83. The molecule has 0 spiro atoms. The third kappa shape index (κ3) is 4.28. The summed E-state index contributed by atoms with van der Waals surface area (Å²) in [7, 11) is 1.41. The number of carbonyl (C=O) groups is 1. The summed E-state index contributed by atoms with van der Waals surface area (Å²) in [5, 5.41) is 59.7. The molecule has 0 aliphatic carbocycles. The van der Waals surface area contributed by atoms with Crippen LogP contribution in [0.25, 0.3) is 0 Å². The Morgan fingerprint density at radius 3 is 2.48 bits per heavy atom. The van der Waals surface area contributed by atoms with E-state index in [1.54, 1.807) is 0 Å². The van der Waals surface area contributed by atoms with Crippen LogP contribution in [0, 0.1) is 0 Å². The van der Waals surface area contributed by atoms with Gasteiger partial charge in [0.05, 0.1) is 20.1 Å². The monoisotopic (exact) mass is 464 g/mol. The molecule has 11 heteroatoms. The Hall–Kier alpha value is -3.09. The summed E-state index contributed by atoms with van der Waals surface area (Å²) in [6.45, 7) is -0.634. The molecular weight excluding hydrogens is 440 g/mol. The van der Waals surface area contributed by atoms with E-state index in [1.807, 2.05) is 0 Å². The number of ketones is 1. The van der Waals surface area contributed by atoms with E-state index >= 15 is 0 Å². The summed E-state index contributed by atoms with van der Waals surface area (Å²) >= 11 is 0. The zero-order chi connectivity index (χ0) is 23.9. The molecule has 2 aromatic rings. The molecule has 2 aliphatic rings. The Morgan fingerprint density at radius 2 is 1.79 bits per heavy atom. The molecule has 0 aromatic heterocycles. The molecule has 1 fully saturated rings. The van der Waals surface area contributed by atoms with Crippen molar-refractivity contribution in [3.8, 4) is 28.7 Å². The van der Waals surface area contributed by atoms with Crippen LogP contribution in [0.4, 0.5) is 0 Å². The highest BCUT2D eigenvalue weighted by Gasteiger charge is 2.45. The molecule has 0 saturated carbocycles. The van der Waals surface area contributed by atoms with Crippen LogP contribution in [-0.2, 0) is 4.74 Å². The van der Waals surface area contributed by atoms with Gasteiger partial charge in [0, 0.05) is 12.1 Å². The number of aliphatic hydroxyl groups is 4. The van der Waals surface area contributed by atoms with E-state index in [0.717, 1.165) is 0 Å². The van der Waals surface area contributed by atoms with Crippen LogP contribution >= 0.6 is 0 Å². The van der Waals surface area contributed by atoms with Crippen LogP contribution in [0.3, 0.4) is 0 Å². The Bertz CT molecular complexity index is 1040. The van der Waals surface area contributed by atoms with E-state index in [2.05, 4.69) is 0 Å². The standard InChI is InChI=1S/C22H24O11/c1-30-10-5-12(25)18-13(26)7-14(31-16(18)6-10)9-2-3-11(24)15(4-9)32-22-21(29)20(28)19(27)17(8-23)33-22/h2-6,14,17,19-25,27-29H,7-8H2,1H3/t14-,17?,19?,20?,21?,22?/m0/s1. The number of Topliss-reactive ketones (excluding diaryl/α,β-unsaturated/α-hetero) is 1. The van der Waals surface area contributed by atoms with Crippen molar-refractivity contribution < 1.29 is 54.4 Å². The second-order valence-corrected chi connectivity index (χ2v) is 7.80. The van der Waals surface area contributed by atoms with Gasteiger partial charge in [0.2, 0.25) is 6.29 Å². The minimum Gasteiger partial charge on any atom is -0.507 e. The topological polar surface area (TPSA) is 175 Å².